The van der Waals surface area contributed by atoms with Gasteiger partial charge in [0.15, 0.2) is 0 Å². The van der Waals surface area contributed by atoms with E-state index in [0.29, 0.717) is 20.4 Å². The van der Waals surface area contributed by atoms with Crippen molar-refractivity contribution in [1.82, 2.24) is 5.32 Å². The molecule has 0 aliphatic heterocycles. The fourth-order valence-corrected chi connectivity index (χ4v) is 3.27. The molecule has 2 nitrogen and oxygen atoms in total. The third-order valence-corrected chi connectivity index (χ3v) is 4.73. The SMILES string of the molecule is O=C(NC1CCC(Br)CC1)c1c(Cl)cccc1Cl. The van der Waals surface area contributed by atoms with Crippen LogP contribution in [0, 0.1) is 0 Å². The van der Waals surface area contributed by atoms with Crippen LogP contribution in [0.1, 0.15) is 36.0 Å². The van der Waals surface area contributed by atoms with Gasteiger partial charge in [-0.2, -0.15) is 0 Å². The van der Waals surface area contributed by atoms with Crippen molar-refractivity contribution in [2.24, 2.45) is 0 Å². The number of alkyl halides is 1. The molecule has 0 aromatic heterocycles. The number of amides is 1. The Labute approximate surface area is 125 Å². The van der Waals surface area contributed by atoms with E-state index >= 15 is 0 Å². The zero-order valence-corrected chi connectivity index (χ0v) is 12.9. The van der Waals surface area contributed by atoms with Gasteiger partial charge >= 0.3 is 0 Å². The van der Waals surface area contributed by atoms with Gasteiger partial charge in [-0.3, -0.25) is 4.79 Å². The lowest BCUT2D eigenvalue weighted by molar-refractivity contribution is 0.0928. The molecule has 1 aromatic rings. The van der Waals surface area contributed by atoms with Crippen LogP contribution in [0.25, 0.3) is 0 Å². The molecule has 1 amide bonds. The van der Waals surface area contributed by atoms with E-state index in [4.69, 9.17) is 23.2 Å². The number of hydrogen-bond acceptors (Lipinski definition) is 1. The van der Waals surface area contributed by atoms with Crippen LogP contribution in [-0.4, -0.2) is 16.8 Å². The summed E-state index contributed by atoms with van der Waals surface area (Å²) in [5.74, 6) is -0.177. The lowest BCUT2D eigenvalue weighted by Crippen LogP contribution is -2.38. The Bertz CT molecular complexity index is 424. The first-order chi connectivity index (χ1) is 8.58. The summed E-state index contributed by atoms with van der Waals surface area (Å²) < 4.78 is 0. The summed E-state index contributed by atoms with van der Waals surface area (Å²) in [6, 6.07) is 5.31. The summed E-state index contributed by atoms with van der Waals surface area (Å²) in [5, 5.41) is 3.80. The fraction of sp³-hybridized carbons (Fsp3) is 0.462. The lowest BCUT2D eigenvalue weighted by Gasteiger charge is -2.26. The van der Waals surface area contributed by atoms with E-state index in [0.717, 1.165) is 25.7 Å². The van der Waals surface area contributed by atoms with Gasteiger partial charge in [-0.25, -0.2) is 0 Å². The predicted molar refractivity (Wildman–Crippen MR) is 78.9 cm³/mol. The van der Waals surface area contributed by atoms with Gasteiger partial charge < -0.3 is 5.32 Å². The number of rotatable bonds is 2. The Morgan fingerprint density at radius 1 is 1.17 bits per heavy atom. The second-order valence-corrected chi connectivity index (χ2v) is 6.63. The predicted octanol–water partition coefficient (Wildman–Crippen LogP) is 4.43. The Morgan fingerprint density at radius 2 is 1.72 bits per heavy atom. The maximum atomic E-state index is 12.1. The Hall–Kier alpha value is -0.250. The number of halogens is 3. The maximum Gasteiger partial charge on any atom is 0.254 e. The molecule has 1 aliphatic carbocycles. The standard InChI is InChI=1S/C13H14BrCl2NO/c14-8-4-6-9(7-5-8)17-13(18)12-10(15)2-1-3-11(12)16/h1-3,8-9H,4-7H2,(H,17,18). The summed E-state index contributed by atoms with van der Waals surface area (Å²) in [6.45, 7) is 0. The first kappa shape index (κ1) is 14.2. The Balaban J connectivity index is 2.04. The molecule has 5 heteroatoms. The van der Waals surface area contributed by atoms with Crippen LogP contribution < -0.4 is 5.32 Å². The molecule has 0 bridgehead atoms. The maximum absolute atomic E-state index is 12.1. The van der Waals surface area contributed by atoms with Crippen LogP contribution in [0.2, 0.25) is 10.0 Å². The van der Waals surface area contributed by atoms with Crippen molar-refractivity contribution >= 4 is 45.0 Å². The zero-order valence-electron chi connectivity index (χ0n) is 9.76. The number of carbonyl (C=O) groups excluding carboxylic acids is 1. The molecule has 0 saturated heterocycles. The van der Waals surface area contributed by atoms with Gasteiger partial charge in [-0.1, -0.05) is 45.2 Å². The van der Waals surface area contributed by atoms with Gasteiger partial charge in [0, 0.05) is 10.9 Å². The van der Waals surface area contributed by atoms with Gasteiger partial charge in [0.1, 0.15) is 0 Å². The molecule has 0 spiro atoms. The van der Waals surface area contributed by atoms with Gasteiger partial charge in [0.2, 0.25) is 0 Å². The number of hydrogen-bond donors (Lipinski definition) is 1. The molecular formula is C13H14BrCl2NO. The van der Waals surface area contributed by atoms with Crippen molar-refractivity contribution < 1.29 is 4.79 Å². The molecule has 1 aliphatic rings. The third-order valence-electron chi connectivity index (χ3n) is 3.18. The van der Waals surface area contributed by atoms with Crippen LogP contribution in [0.4, 0.5) is 0 Å². The van der Waals surface area contributed by atoms with Gasteiger partial charge in [0.25, 0.3) is 5.91 Å². The van der Waals surface area contributed by atoms with Crippen LogP contribution in [0.5, 0.6) is 0 Å². The zero-order chi connectivity index (χ0) is 13.1. The molecule has 0 heterocycles. The minimum Gasteiger partial charge on any atom is -0.349 e. The average molecular weight is 351 g/mol. The van der Waals surface area contributed by atoms with Crippen molar-refractivity contribution in [3.63, 3.8) is 0 Å². The Kier molecular flexibility index (Phi) is 4.93. The highest BCUT2D eigenvalue weighted by atomic mass is 79.9. The molecule has 1 fully saturated rings. The second kappa shape index (κ2) is 6.27. The van der Waals surface area contributed by atoms with E-state index in [-0.39, 0.29) is 11.9 Å². The molecule has 18 heavy (non-hydrogen) atoms. The number of nitrogens with one attached hydrogen (secondary N) is 1. The topological polar surface area (TPSA) is 29.1 Å². The highest BCUT2D eigenvalue weighted by molar-refractivity contribution is 9.09. The van der Waals surface area contributed by atoms with Crippen LogP contribution in [0.3, 0.4) is 0 Å². The minimum absolute atomic E-state index is 0.177. The first-order valence-electron chi connectivity index (χ1n) is 5.97. The summed E-state index contributed by atoms with van der Waals surface area (Å²) in [4.78, 5) is 12.7. The monoisotopic (exact) mass is 349 g/mol. The molecule has 1 aromatic carbocycles. The average Bonchev–Trinajstić information content (AvgIpc) is 2.32. The molecule has 0 radical (unpaired) electrons. The highest BCUT2D eigenvalue weighted by Crippen LogP contribution is 2.27. The summed E-state index contributed by atoms with van der Waals surface area (Å²) in [7, 11) is 0. The van der Waals surface area contributed by atoms with E-state index in [1.807, 2.05) is 0 Å². The molecule has 1 saturated carbocycles. The summed E-state index contributed by atoms with van der Waals surface area (Å²) in [6.07, 6.45) is 4.15. The second-order valence-electron chi connectivity index (χ2n) is 4.52. The van der Waals surface area contributed by atoms with Crippen molar-refractivity contribution in [2.45, 2.75) is 36.6 Å². The van der Waals surface area contributed by atoms with Crippen molar-refractivity contribution in [3.8, 4) is 0 Å². The normalized spacial score (nSPS) is 23.7. The van der Waals surface area contributed by atoms with Gasteiger partial charge in [-0.15, -0.1) is 0 Å². The number of benzene rings is 1. The Morgan fingerprint density at radius 3 is 2.28 bits per heavy atom. The lowest BCUT2D eigenvalue weighted by atomic mass is 9.95. The third kappa shape index (κ3) is 3.40. The summed E-state index contributed by atoms with van der Waals surface area (Å²) >= 11 is 15.6. The van der Waals surface area contributed by atoms with Crippen LogP contribution in [0.15, 0.2) is 18.2 Å². The van der Waals surface area contributed by atoms with E-state index in [2.05, 4.69) is 21.2 Å². The smallest absolute Gasteiger partial charge is 0.254 e. The van der Waals surface area contributed by atoms with Crippen molar-refractivity contribution in [2.75, 3.05) is 0 Å². The van der Waals surface area contributed by atoms with Crippen molar-refractivity contribution in [1.29, 1.82) is 0 Å². The van der Waals surface area contributed by atoms with Crippen LogP contribution in [-0.2, 0) is 0 Å². The van der Waals surface area contributed by atoms with Crippen LogP contribution >= 0.6 is 39.1 Å². The molecule has 1 N–H and O–H groups in total. The van der Waals surface area contributed by atoms with Crippen molar-refractivity contribution in [3.05, 3.63) is 33.8 Å². The molecule has 0 atom stereocenters. The first-order valence-corrected chi connectivity index (χ1v) is 7.64. The minimum atomic E-state index is -0.177. The number of carbonyl (C=O) groups is 1. The van der Waals surface area contributed by atoms with E-state index < -0.39 is 0 Å². The van der Waals surface area contributed by atoms with Gasteiger partial charge in [-0.05, 0) is 37.8 Å². The molecule has 0 unspecified atom stereocenters. The highest BCUT2D eigenvalue weighted by Gasteiger charge is 2.22. The molecule has 98 valence electrons. The van der Waals surface area contributed by atoms with Gasteiger partial charge in [0.05, 0.1) is 15.6 Å². The molecular weight excluding hydrogens is 337 g/mol. The quantitative estimate of drug-likeness (QED) is 0.785. The largest absolute Gasteiger partial charge is 0.349 e. The summed E-state index contributed by atoms with van der Waals surface area (Å²) in [5.41, 5.74) is 0.377. The fourth-order valence-electron chi connectivity index (χ4n) is 2.17. The molecule has 2 rings (SSSR count). The van der Waals surface area contributed by atoms with E-state index in [1.54, 1.807) is 18.2 Å². The van der Waals surface area contributed by atoms with E-state index in [9.17, 15) is 4.79 Å². The van der Waals surface area contributed by atoms with E-state index in [1.165, 1.54) is 0 Å².